The summed E-state index contributed by atoms with van der Waals surface area (Å²) in [5.41, 5.74) is 3.83. The van der Waals surface area contributed by atoms with Crippen LogP contribution in [0.25, 0.3) is 11.3 Å². The van der Waals surface area contributed by atoms with Gasteiger partial charge in [0.2, 0.25) is 0 Å². The topological polar surface area (TPSA) is 72.6 Å². The standard InChI is InChI=1S/C21H21NO4/c1-15-19(21(22-26-15)17-7-3-2-4-8-17)14-25-18-12-10-16(11-13-18)6-5-9-20(23)24/h2-4,7-8,10-13H,5-6,9,14H2,1H3,(H,23,24). The van der Waals surface area contributed by atoms with E-state index in [0.717, 1.165) is 40.3 Å². The van der Waals surface area contributed by atoms with Crippen LogP contribution in [0.2, 0.25) is 0 Å². The number of ether oxygens (including phenoxy) is 1. The summed E-state index contributed by atoms with van der Waals surface area (Å²) in [6.07, 6.45) is 1.57. The zero-order chi connectivity index (χ0) is 18.4. The molecule has 0 aliphatic rings. The van der Waals surface area contributed by atoms with Crippen LogP contribution in [0.4, 0.5) is 0 Å². The Hall–Kier alpha value is -3.08. The van der Waals surface area contributed by atoms with Gasteiger partial charge in [0.05, 0.1) is 5.56 Å². The second-order valence-corrected chi connectivity index (χ2v) is 6.11. The molecular formula is C21H21NO4. The van der Waals surface area contributed by atoms with Crippen LogP contribution >= 0.6 is 0 Å². The summed E-state index contributed by atoms with van der Waals surface area (Å²) in [5, 5.41) is 12.8. The molecule has 0 bridgehead atoms. The minimum absolute atomic E-state index is 0.188. The maximum absolute atomic E-state index is 10.6. The molecule has 1 heterocycles. The van der Waals surface area contributed by atoms with Gasteiger partial charge in [-0.05, 0) is 37.5 Å². The molecule has 0 fully saturated rings. The van der Waals surface area contributed by atoms with E-state index in [1.807, 2.05) is 61.5 Å². The smallest absolute Gasteiger partial charge is 0.303 e. The molecule has 134 valence electrons. The predicted molar refractivity (Wildman–Crippen MR) is 98.0 cm³/mol. The van der Waals surface area contributed by atoms with Crippen LogP contribution in [-0.4, -0.2) is 16.2 Å². The SMILES string of the molecule is Cc1onc(-c2ccccc2)c1COc1ccc(CCCC(=O)O)cc1. The number of aryl methyl sites for hydroxylation is 2. The molecule has 1 N–H and O–H groups in total. The highest BCUT2D eigenvalue weighted by Gasteiger charge is 2.15. The highest BCUT2D eigenvalue weighted by atomic mass is 16.5. The third kappa shape index (κ3) is 4.51. The van der Waals surface area contributed by atoms with E-state index in [2.05, 4.69) is 5.16 Å². The maximum atomic E-state index is 10.6. The van der Waals surface area contributed by atoms with Crippen LogP contribution in [0.1, 0.15) is 29.7 Å². The Kier molecular flexibility index (Phi) is 5.69. The van der Waals surface area contributed by atoms with Gasteiger partial charge in [0, 0.05) is 12.0 Å². The van der Waals surface area contributed by atoms with Gasteiger partial charge < -0.3 is 14.4 Å². The lowest BCUT2D eigenvalue weighted by molar-refractivity contribution is -0.137. The predicted octanol–water partition coefficient (Wildman–Crippen LogP) is 4.64. The number of rotatable bonds is 8. The van der Waals surface area contributed by atoms with Crippen LogP contribution in [0.3, 0.4) is 0 Å². The molecular weight excluding hydrogens is 330 g/mol. The molecule has 3 aromatic rings. The van der Waals surface area contributed by atoms with Gasteiger partial charge in [-0.3, -0.25) is 4.79 Å². The Morgan fingerprint density at radius 3 is 2.54 bits per heavy atom. The molecule has 0 aliphatic carbocycles. The zero-order valence-electron chi connectivity index (χ0n) is 14.6. The third-order valence-electron chi connectivity index (χ3n) is 4.19. The maximum Gasteiger partial charge on any atom is 0.303 e. The van der Waals surface area contributed by atoms with Crippen LogP contribution in [0, 0.1) is 6.92 Å². The van der Waals surface area contributed by atoms with E-state index in [1.54, 1.807) is 0 Å². The Morgan fingerprint density at radius 1 is 1.12 bits per heavy atom. The van der Waals surface area contributed by atoms with Crippen molar-refractivity contribution in [3.05, 3.63) is 71.5 Å². The normalized spacial score (nSPS) is 10.7. The highest BCUT2D eigenvalue weighted by Crippen LogP contribution is 2.26. The van der Waals surface area contributed by atoms with Crippen molar-refractivity contribution in [2.45, 2.75) is 32.8 Å². The van der Waals surface area contributed by atoms with Crippen LogP contribution in [0.5, 0.6) is 5.75 Å². The number of nitrogens with zero attached hydrogens (tertiary/aromatic N) is 1. The van der Waals surface area contributed by atoms with Gasteiger partial charge >= 0.3 is 5.97 Å². The second-order valence-electron chi connectivity index (χ2n) is 6.11. The van der Waals surface area contributed by atoms with Gasteiger partial charge in [0.1, 0.15) is 23.8 Å². The summed E-state index contributed by atoms with van der Waals surface area (Å²) in [6.45, 7) is 2.25. The lowest BCUT2D eigenvalue weighted by atomic mass is 10.1. The van der Waals surface area contributed by atoms with E-state index < -0.39 is 5.97 Å². The lowest BCUT2D eigenvalue weighted by Crippen LogP contribution is -1.99. The van der Waals surface area contributed by atoms with Crippen LogP contribution < -0.4 is 4.74 Å². The van der Waals surface area contributed by atoms with Crippen molar-refractivity contribution >= 4 is 5.97 Å². The van der Waals surface area contributed by atoms with E-state index in [1.165, 1.54) is 0 Å². The fraction of sp³-hybridized carbons (Fsp3) is 0.238. The molecule has 0 atom stereocenters. The summed E-state index contributed by atoms with van der Waals surface area (Å²) in [7, 11) is 0. The Balaban J connectivity index is 1.63. The van der Waals surface area contributed by atoms with Crippen molar-refractivity contribution in [2.75, 3.05) is 0 Å². The fourth-order valence-electron chi connectivity index (χ4n) is 2.74. The van der Waals surface area contributed by atoms with E-state index in [-0.39, 0.29) is 6.42 Å². The molecule has 5 nitrogen and oxygen atoms in total. The number of carboxylic acids is 1. The van der Waals surface area contributed by atoms with Crippen molar-refractivity contribution in [2.24, 2.45) is 0 Å². The third-order valence-corrected chi connectivity index (χ3v) is 4.19. The minimum atomic E-state index is -0.761. The van der Waals surface area contributed by atoms with Gasteiger partial charge in [-0.2, -0.15) is 0 Å². The Labute approximate surface area is 152 Å². The molecule has 3 rings (SSSR count). The van der Waals surface area contributed by atoms with Crippen molar-refractivity contribution in [3.63, 3.8) is 0 Å². The molecule has 0 amide bonds. The minimum Gasteiger partial charge on any atom is -0.489 e. The van der Waals surface area contributed by atoms with Crippen molar-refractivity contribution in [3.8, 4) is 17.0 Å². The molecule has 0 spiro atoms. The number of aromatic nitrogens is 1. The molecule has 2 aromatic carbocycles. The van der Waals surface area contributed by atoms with E-state index >= 15 is 0 Å². The van der Waals surface area contributed by atoms with Gasteiger partial charge in [-0.1, -0.05) is 47.6 Å². The Bertz CT molecular complexity index is 853. The number of carbonyl (C=O) groups is 1. The number of aliphatic carboxylic acids is 1. The highest BCUT2D eigenvalue weighted by molar-refractivity contribution is 5.66. The van der Waals surface area contributed by atoms with Crippen molar-refractivity contribution in [1.29, 1.82) is 0 Å². The monoisotopic (exact) mass is 351 g/mol. The second kappa shape index (κ2) is 8.34. The molecule has 0 radical (unpaired) electrons. The average molecular weight is 351 g/mol. The summed E-state index contributed by atoms with van der Waals surface area (Å²) in [6, 6.07) is 17.6. The summed E-state index contributed by atoms with van der Waals surface area (Å²) < 4.78 is 11.2. The first kappa shape index (κ1) is 17.7. The van der Waals surface area contributed by atoms with Gasteiger partial charge in [-0.25, -0.2) is 0 Å². The number of carboxylic acid groups (broad SMARTS) is 1. The molecule has 5 heteroatoms. The first-order valence-corrected chi connectivity index (χ1v) is 8.57. The lowest BCUT2D eigenvalue weighted by Gasteiger charge is -2.08. The first-order chi connectivity index (χ1) is 12.6. The molecule has 0 unspecified atom stereocenters. The summed E-state index contributed by atoms with van der Waals surface area (Å²) in [4.78, 5) is 10.6. The summed E-state index contributed by atoms with van der Waals surface area (Å²) in [5.74, 6) is 0.740. The number of hydrogen-bond acceptors (Lipinski definition) is 4. The van der Waals surface area contributed by atoms with Crippen LogP contribution in [0.15, 0.2) is 59.1 Å². The Morgan fingerprint density at radius 2 is 1.85 bits per heavy atom. The molecule has 26 heavy (non-hydrogen) atoms. The number of hydrogen-bond donors (Lipinski definition) is 1. The molecule has 1 aromatic heterocycles. The largest absolute Gasteiger partial charge is 0.489 e. The first-order valence-electron chi connectivity index (χ1n) is 8.57. The van der Waals surface area contributed by atoms with E-state index in [0.29, 0.717) is 13.0 Å². The zero-order valence-corrected chi connectivity index (χ0v) is 14.6. The molecule has 0 saturated carbocycles. The number of benzene rings is 2. The quantitative estimate of drug-likeness (QED) is 0.640. The fourth-order valence-corrected chi connectivity index (χ4v) is 2.74. The van der Waals surface area contributed by atoms with Crippen molar-refractivity contribution in [1.82, 2.24) is 5.16 Å². The molecule has 0 saturated heterocycles. The van der Waals surface area contributed by atoms with Gasteiger partial charge in [0.25, 0.3) is 0 Å². The van der Waals surface area contributed by atoms with Crippen LogP contribution in [-0.2, 0) is 17.8 Å². The van der Waals surface area contributed by atoms with Crippen molar-refractivity contribution < 1.29 is 19.2 Å². The molecule has 0 aliphatic heterocycles. The van der Waals surface area contributed by atoms with Gasteiger partial charge in [0.15, 0.2) is 0 Å². The average Bonchev–Trinajstić information content (AvgIpc) is 3.02. The van der Waals surface area contributed by atoms with Gasteiger partial charge in [-0.15, -0.1) is 0 Å². The summed E-state index contributed by atoms with van der Waals surface area (Å²) >= 11 is 0. The van der Waals surface area contributed by atoms with E-state index in [9.17, 15) is 4.79 Å². The van der Waals surface area contributed by atoms with E-state index in [4.69, 9.17) is 14.4 Å².